The normalized spacial score (nSPS) is 27.9. The third-order valence-electron chi connectivity index (χ3n) is 2.73. The molecule has 0 amide bonds. The first-order valence-electron chi connectivity index (χ1n) is 5.20. The van der Waals surface area contributed by atoms with Crippen molar-refractivity contribution in [3.05, 3.63) is 17.8 Å². The van der Waals surface area contributed by atoms with Crippen molar-refractivity contribution in [3.8, 4) is 0 Å². The first kappa shape index (κ1) is 8.80. The molecule has 3 rings (SSSR count). The molecule has 1 unspecified atom stereocenters. The van der Waals surface area contributed by atoms with Crippen molar-refractivity contribution in [2.45, 2.75) is 24.8 Å². The Bertz CT molecular complexity index is 316. The Morgan fingerprint density at radius 3 is 3.14 bits per heavy atom. The summed E-state index contributed by atoms with van der Waals surface area (Å²) < 4.78 is 5.76. The van der Waals surface area contributed by atoms with Gasteiger partial charge in [-0.2, -0.15) is 11.8 Å². The summed E-state index contributed by atoms with van der Waals surface area (Å²) in [6.45, 7) is 1.08. The van der Waals surface area contributed by atoms with Crippen molar-refractivity contribution in [2.24, 2.45) is 0 Å². The van der Waals surface area contributed by atoms with Crippen LogP contribution in [0.1, 0.15) is 36.5 Å². The van der Waals surface area contributed by atoms with E-state index in [0.717, 1.165) is 23.9 Å². The van der Waals surface area contributed by atoms with Gasteiger partial charge in [0.2, 0.25) is 0 Å². The summed E-state index contributed by atoms with van der Waals surface area (Å²) in [6.07, 6.45) is 4.41. The zero-order valence-corrected chi connectivity index (χ0v) is 8.85. The summed E-state index contributed by atoms with van der Waals surface area (Å²) in [5, 5.41) is 3.45. The average Bonchev–Trinajstić information content (AvgIpc) is 2.98. The lowest BCUT2D eigenvalue weighted by Gasteiger charge is -2.20. The van der Waals surface area contributed by atoms with Crippen LogP contribution >= 0.6 is 11.8 Å². The first-order chi connectivity index (χ1) is 6.93. The van der Waals surface area contributed by atoms with Crippen molar-refractivity contribution >= 4 is 11.8 Å². The van der Waals surface area contributed by atoms with Crippen LogP contribution < -0.4 is 5.32 Å². The molecule has 1 aromatic heterocycles. The molecule has 0 bridgehead atoms. The maximum Gasteiger partial charge on any atom is 0.197 e. The molecule has 1 aliphatic carbocycles. The van der Waals surface area contributed by atoms with Crippen molar-refractivity contribution in [1.29, 1.82) is 0 Å². The van der Waals surface area contributed by atoms with Crippen molar-refractivity contribution in [1.82, 2.24) is 10.3 Å². The summed E-state index contributed by atoms with van der Waals surface area (Å²) in [7, 11) is 0. The minimum atomic E-state index is 0.383. The standard InChI is InChI=1S/C10H14N2OS/c1-2-7(1)10-12-5-9(13-10)8-6-14-4-3-11-8/h5,7-8,11H,1-4,6H2. The molecule has 1 aliphatic heterocycles. The van der Waals surface area contributed by atoms with Gasteiger partial charge in [-0.25, -0.2) is 4.98 Å². The molecule has 1 saturated heterocycles. The molecule has 2 aliphatic rings. The lowest BCUT2D eigenvalue weighted by molar-refractivity contribution is 0.406. The van der Waals surface area contributed by atoms with Crippen LogP contribution in [0.4, 0.5) is 0 Å². The second kappa shape index (κ2) is 3.59. The van der Waals surface area contributed by atoms with Gasteiger partial charge in [0.1, 0.15) is 5.76 Å². The van der Waals surface area contributed by atoms with E-state index in [1.807, 2.05) is 18.0 Å². The molecule has 0 radical (unpaired) electrons. The number of nitrogens with zero attached hydrogens (tertiary/aromatic N) is 1. The minimum absolute atomic E-state index is 0.383. The van der Waals surface area contributed by atoms with E-state index < -0.39 is 0 Å². The van der Waals surface area contributed by atoms with Gasteiger partial charge in [-0.3, -0.25) is 0 Å². The molecule has 1 N–H and O–H groups in total. The number of oxazole rings is 1. The lowest BCUT2D eigenvalue weighted by atomic mass is 10.3. The van der Waals surface area contributed by atoms with E-state index in [1.54, 1.807) is 0 Å². The van der Waals surface area contributed by atoms with Crippen molar-refractivity contribution < 1.29 is 4.42 Å². The highest BCUT2D eigenvalue weighted by Crippen LogP contribution is 2.40. The summed E-state index contributed by atoms with van der Waals surface area (Å²) in [5.41, 5.74) is 0. The summed E-state index contributed by atoms with van der Waals surface area (Å²) in [6, 6.07) is 0.383. The highest BCUT2D eigenvalue weighted by Gasteiger charge is 2.29. The van der Waals surface area contributed by atoms with Crippen LogP contribution in [0.25, 0.3) is 0 Å². The van der Waals surface area contributed by atoms with Crippen molar-refractivity contribution in [2.75, 3.05) is 18.1 Å². The van der Waals surface area contributed by atoms with Crippen LogP contribution in [-0.2, 0) is 0 Å². The Morgan fingerprint density at radius 2 is 2.43 bits per heavy atom. The van der Waals surface area contributed by atoms with Gasteiger partial charge in [-0.1, -0.05) is 0 Å². The molecule has 2 fully saturated rings. The molecule has 76 valence electrons. The highest BCUT2D eigenvalue weighted by atomic mass is 32.2. The molecule has 1 aromatic rings. The first-order valence-corrected chi connectivity index (χ1v) is 6.36. The second-order valence-electron chi connectivity index (χ2n) is 3.96. The fraction of sp³-hybridized carbons (Fsp3) is 0.700. The van der Waals surface area contributed by atoms with Crippen molar-refractivity contribution in [3.63, 3.8) is 0 Å². The second-order valence-corrected chi connectivity index (χ2v) is 5.11. The average molecular weight is 210 g/mol. The number of nitrogens with one attached hydrogen (secondary N) is 1. The largest absolute Gasteiger partial charge is 0.444 e. The maximum absolute atomic E-state index is 5.76. The number of rotatable bonds is 2. The zero-order valence-electron chi connectivity index (χ0n) is 8.03. The van der Waals surface area contributed by atoms with E-state index in [4.69, 9.17) is 4.42 Å². The third kappa shape index (κ3) is 1.68. The van der Waals surface area contributed by atoms with Gasteiger partial charge in [0, 0.05) is 24.0 Å². The Kier molecular flexibility index (Phi) is 2.25. The summed E-state index contributed by atoms with van der Waals surface area (Å²) in [4.78, 5) is 4.34. The monoisotopic (exact) mass is 210 g/mol. The zero-order chi connectivity index (χ0) is 9.38. The smallest absolute Gasteiger partial charge is 0.197 e. The number of hydrogen-bond acceptors (Lipinski definition) is 4. The predicted molar refractivity (Wildman–Crippen MR) is 56.5 cm³/mol. The molecule has 14 heavy (non-hydrogen) atoms. The fourth-order valence-corrected chi connectivity index (χ4v) is 2.68. The van der Waals surface area contributed by atoms with E-state index in [0.29, 0.717) is 12.0 Å². The summed E-state index contributed by atoms with van der Waals surface area (Å²) >= 11 is 1.98. The molecule has 2 heterocycles. The third-order valence-corrected chi connectivity index (χ3v) is 3.79. The molecule has 4 heteroatoms. The fourth-order valence-electron chi connectivity index (χ4n) is 1.73. The quantitative estimate of drug-likeness (QED) is 0.809. The Labute approximate surface area is 87.7 Å². The van der Waals surface area contributed by atoms with Crippen LogP contribution in [0.5, 0.6) is 0 Å². The van der Waals surface area contributed by atoms with Crippen LogP contribution in [-0.4, -0.2) is 23.0 Å². The van der Waals surface area contributed by atoms with E-state index in [2.05, 4.69) is 10.3 Å². The van der Waals surface area contributed by atoms with Crippen LogP contribution in [0.2, 0.25) is 0 Å². The van der Waals surface area contributed by atoms with Gasteiger partial charge in [0.15, 0.2) is 5.89 Å². The number of hydrogen-bond donors (Lipinski definition) is 1. The van der Waals surface area contributed by atoms with Gasteiger partial charge in [-0.15, -0.1) is 0 Å². The van der Waals surface area contributed by atoms with Crippen LogP contribution in [0.15, 0.2) is 10.6 Å². The van der Waals surface area contributed by atoms with Gasteiger partial charge in [0.25, 0.3) is 0 Å². The number of aromatic nitrogens is 1. The van der Waals surface area contributed by atoms with E-state index in [-0.39, 0.29) is 0 Å². The molecule has 3 nitrogen and oxygen atoms in total. The van der Waals surface area contributed by atoms with Gasteiger partial charge >= 0.3 is 0 Å². The molecule has 0 spiro atoms. The van der Waals surface area contributed by atoms with Gasteiger partial charge in [-0.05, 0) is 12.8 Å². The lowest BCUT2D eigenvalue weighted by Crippen LogP contribution is -2.29. The SMILES string of the molecule is c1nc(C2CC2)oc1C1CSCCN1. The van der Waals surface area contributed by atoms with E-state index in [1.165, 1.54) is 18.6 Å². The highest BCUT2D eigenvalue weighted by molar-refractivity contribution is 7.99. The Hall–Kier alpha value is -0.480. The van der Waals surface area contributed by atoms with Crippen LogP contribution in [0, 0.1) is 0 Å². The predicted octanol–water partition coefficient (Wildman–Crippen LogP) is 1.93. The molecule has 0 aromatic carbocycles. The maximum atomic E-state index is 5.76. The Balaban J connectivity index is 1.74. The van der Waals surface area contributed by atoms with Gasteiger partial charge in [0.05, 0.1) is 12.2 Å². The minimum Gasteiger partial charge on any atom is -0.444 e. The van der Waals surface area contributed by atoms with E-state index >= 15 is 0 Å². The molecular weight excluding hydrogens is 196 g/mol. The van der Waals surface area contributed by atoms with Gasteiger partial charge < -0.3 is 9.73 Å². The molecular formula is C10H14N2OS. The van der Waals surface area contributed by atoms with Crippen LogP contribution in [0.3, 0.4) is 0 Å². The Morgan fingerprint density at radius 1 is 1.50 bits per heavy atom. The topological polar surface area (TPSA) is 38.1 Å². The van der Waals surface area contributed by atoms with E-state index in [9.17, 15) is 0 Å². The molecule has 1 saturated carbocycles. The molecule has 1 atom stereocenters. The number of thioether (sulfide) groups is 1. The summed E-state index contributed by atoms with van der Waals surface area (Å²) in [5.74, 6) is 4.93.